The lowest BCUT2D eigenvalue weighted by Crippen LogP contribution is -2.50. The van der Waals surface area contributed by atoms with Crippen LogP contribution in [-0.4, -0.2) is 56.2 Å². The maximum Gasteiger partial charge on any atom is 0.188 e. The van der Waals surface area contributed by atoms with Crippen LogP contribution in [0.3, 0.4) is 0 Å². The summed E-state index contributed by atoms with van der Waals surface area (Å²) in [5.74, 6) is 0.542. The molecule has 0 aliphatic carbocycles. The van der Waals surface area contributed by atoms with E-state index in [1.165, 1.54) is 11.3 Å². The van der Waals surface area contributed by atoms with Crippen LogP contribution in [0, 0.1) is 0 Å². The van der Waals surface area contributed by atoms with Gasteiger partial charge in [-0.15, -0.1) is 24.0 Å². The highest BCUT2D eigenvalue weighted by Gasteiger charge is 2.20. The molecule has 0 radical (unpaired) electrons. The van der Waals surface area contributed by atoms with Crippen molar-refractivity contribution in [3.8, 4) is 0 Å². The van der Waals surface area contributed by atoms with Crippen LogP contribution in [0.2, 0.25) is 0 Å². The number of guanidine groups is 1. The highest BCUT2D eigenvalue weighted by molar-refractivity contribution is 14.0. The van der Waals surface area contributed by atoms with Gasteiger partial charge in [0, 0.05) is 44.5 Å². The first kappa shape index (κ1) is 22.5. The molecule has 0 spiro atoms. The maximum absolute atomic E-state index is 6.03. The van der Waals surface area contributed by atoms with Gasteiger partial charge in [0.25, 0.3) is 0 Å². The van der Waals surface area contributed by atoms with Gasteiger partial charge in [-0.2, -0.15) is 0 Å². The predicted octanol–water partition coefficient (Wildman–Crippen LogP) is 2.96. The van der Waals surface area contributed by atoms with Crippen LogP contribution in [0.4, 0.5) is 5.69 Å². The van der Waals surface area contributed by atoms with Crippen LogP contribution in [-0.2, 0) is 6.42 Å². The molecule has 6 heteroatoms. The van der Waals surface area contributed by atoms with Crippen molar-refractivity contribution in [3.63, 3.8) is 0 Å². The minimum absolute atomic E-state index is 0. The summed E-state index contributed by atoms with van der Waals surface area (Å²) < 4.78 is 0. The zero-order valence-electron chi connectivity index (χ0n) is 16.6. The van der Waals surface area contributed by atoms with Crippen molar-refractivity contribution in [2.24, 2.45) is 10.7 Å². The molecule has 5 nitrogen and oxygen atoms in total. The zero-order valence-corrected chi connectivity index (χ0v) is 19.0. The minimum atomic E-state index is 0. The van der Waals surface area contributed by atoms with Gasteiger partial charge in [0.05, 0.1) is 6.54 Å². The summed E-state index contributed by atoms with van der Waals surface area (Å²) in [5, 5.41) is 3.22. The SMILES string of the molecule is CC(CN=C(N)NCCc1ccccc1)N1CCN(c2ccccc2)CC1.I. The van der Waals surface area contributed by atoms with E-state index in [0.29, 0.717) is 12.0 Å². The summed E-state index contributed by atoms with van der Waals surface area (Å²) in [6.07, 6.45) is 0.952. The second-order valence-corrected chi connectivity index (χ2v) is 7.10. The standard InChI is InChI=1S/C22H31N5.HI/c1-19(18-25-22(23)24-13-12-20-8-4-2-5-9-20)26-14-16-27(17-15-26)21-10-6-3-7-11-21;/h2-11,19H,12-18H2,1H3,(H3,23,24,25);1H. The molecule has 152 valence electrons. The van der Waals surface area contributed by atoms with E-state index in [-0.39, 0.29) is 24.0 Å². The number of nitrogens with zero attached hydrogens (tertiary/aromatic N) is 3. The van der Waals surface area contributed by atoms with E-state index in [0.717, 1.165) is 45.7 Å². The lowest BCUT2D eigenvalue weighted by atomic mass is 10.1. The van der Waals surface area contributed by atoms with Gasteiger partial charge < -0.3 is 16.0 Å². The molecule has 1 aliphatic rings. The molecule has 2 aromatic carbocycles. The Balaban J connectivity index is 0.00000280. The molecule has 1 unspecified atom stereocenters. The number of nitrogens with one attached hydrogen (secondary N) is 1. The van der Waals surface area contributed by atoms with Crippen molar-refractivity contribution in [1.82, 2.24) is 10.2 Å². The number of hydrogen-bond donors (Lipinski definition) is 2. The summed E-state index contributed by atoms with van der Waals surface area (Å²) in [7, 11) is 0. The Morgan fingerprint density at radius 3 is 2.25 bits per heavy atom. The van der Waals surface area contributed by atoms with Gasteiger partial charge in [0.15, 0.2) is 5.96 Å². The Morgan fingerprint density at radius 1 is 1.00 bits per heavy atom. The molecule has 1 heterocycles. The molecule has 0 amide bonds. The monoisotopic (exact) mass is 493 g/mol. The minimum Gasteiger partial charge on any atom is -0.370 e. The number of halogens is 1. The van der Waals surface area contributed by atoms with E-state index in [4.69, 9.17) is 5.73 Å². The largest absolute Gasteiger partial charge is 0.370 e. The molecule has 1 atom stereocenters. The second-order valence-electron chi connectivity index (χ2n) is 7.10. The first-order valence-corrected chi connectivity index (χ1v) is 9.84. The number of piperazine rings is 1. The van der Waals surface area contributed by atoms with Crippen LogP contribution in [0.25, 0.3) is 0 Å². The number of anilines is 1. The van der Waals surface area contributed by atoms with E-state index in [9.17, 15) is 0 Å². The molecular formula is C22H32IN5. The summed E-state index contributed by atoms with van der Waals surface area (Å²) in [6, 6.07) is 21.5. The van der Waals surface area contributed by atoms with Crippen molar-refractivity contribution >= 4 is 35.6 Å². The van der Waals surface area contributed by atoms with Gasteiger partial charge in [0.1, 0.15) is 0 Å². The summed E-state index contributed by atoms with van der Waals surface area (Å²) in [5.41, 5.74) is 8.65. The number of para-hydroxylation sites is 1. The van der Waals surface area contributed by atoms with E-state index < -0.39 is 0 Å². The average molecular weight is 493 g/mol. The van der Waals surface area contributed by atoms with Gasteiger partial charge >= 0.3 is 0 Å². The van der Waals surface area contributed by atoms with Crippen LogP contribution in [0.5, 0.6) is 0 Å². The quantitative estimate of drug-likeness (QED) is 0.354. The van der Waals surface area contributed by atoms with E-state index in [2.05, 4.69) is 81.6 Å². The molecule has 2 aromatic rings. The zero-order chi connectivity index (χ0) is 18.9. The molecule has 1 aliphatic heterocycles. The van der Waals surface area contributed by atoms with Crippen LogP contribution >= 0.6 is 24.0 Å². The first-order chi connectivity index (χ1) is 13.2. The molecule has 3 N–H and O–H groups in total. The van der Waals surface area contributed by atoms with E-state index in [1.54, 1.807) is 0 Å². The van der Waals surface area contributed by atoms with Gasteiger partial charge in [-0.25, -0.2) is 0 Å². The number of rotatable bonds is 7. The fraction of sp³-hybridized carbons (Fsp3) is 0.409. The highest BCUT2D eigenvalue weighted by atomic mass is 127. The Hall–Kier alpha value is -1.80. The van der Waals surface area contributed by atoms with Crippen LogP contribution < -0.4 is 16.0 Å². The molecule has 3 rings (SSSR count). The van der Waals surface area contributed by atoms with E-state index >= 15 is 0 Å². The predicted molar refractivity (Wildman–Crippen MR) is 130 cm³/mol. The number of hydrogen-bond acceptors (Lipinski definition) is 3. The Labute approximate surface area is 186 Å². The van der Waals surface area contributed by atoms with Gasteiger partial charge in [0.2, 0.25) is 0 Å². The van der Waals surface area contributed by atoms with Gasteiger partial charge in [-0.3, -0.25) is 9.89 Å². The highest BCUT2D eigenvalue weighted by Crippen LogP contribution is 2.16. The lowest BCUT2D eigenvalue weighted by Gasteiger charge is -2.38. The Morgan fingerprint density at radius 2 is 1.61 bits per heavy atom. The van der Waals surface area contributed by atoms with Gasteiger partial charge in [-0.1, -0.05) is 48.5 Å². The summed E-state index contributed by atoms with van der Waals surface area (Å²) >= 11 is 0. The molecule has 28 heavy (non-hydrogen) atoms. The topological polar surface area (TPSA) is 56.9 Å². The molecule has 0 aromatic heterocycles. The Kier molecular flexibility index (Phi) is 9.57. The van der Waals surface area contributed by atoms with E-state index in [1.807, 2.05) is 6.07 Å². The summed E-state index contributed by atoms with van der Waals surface area (Å²) in [6.45, 7) is 8.02. The van der Waals surface area contributed by atoms with Gasteiger partial charge in [-0.05, 0) is 31.0 Å². The molecule has 1 saturated heterocycles. The fourth-order valence-corrected chi connectivity index (χ4v) is 3.44. The lowest BCUT2D eigenvalue weighted by molar-refractivity contribution is 0.201. The van der Waals surface area contributed by atoms with Crippen molar-refractivity contribution in [1.29, 1.82) is 0 Å². The van der Waals surface area contributed by atoms with Crippen molar-refractivity contribution in [2.45, 2.75) is 19.4 Å². The third-order valence-corrected chi connectivity index (χ3v) is 5.15. The summed E-state index contributed by atoms with van der Waals surface area (Å²) in [4.78, 5) is 9.49. The number of nitrogens with two attached hydrogens (primary N) is 1. The van der Waals surface area contributed by atoms with Crippen LogP contribution in [0.1, 0.15) is 12.5 Å². The first-order valence-electron chi connectivity index (χ1n) is 9.84. The Bertz CT molecular complexity index is 699. The fourth-order valence-electron chi connectivity index (χ4n) is 3.44. The second kappa shape index (κ2) is 11.9. The third kappa shape index (κ3) is 6.98. The molecule has 0 saturated carbocycles. The third-order valence-electron chi connectivity index (χ3n) is 5.15. The normalized spacial score (nSPS) is 16.3. The maximum atomic E-state index is 6.03. The van der Waals surface area contributed by atoms with Crippen molar-refractivity contribution in [3.05, 3.63) is 66.2 Å². The van der Waals surface area contributed by atoms with Crippen molar-refractivity contribution < 1.29 is 0 Å². The van der Waals surface area contributed by atoms with Crippen molar-refractivity contribution in [2.75, 3.05) is 44.2 Å². The smallest absolute Gasteiger partial charge is 0.188 e. The number of aliphatic imine (C=N–C) groups is 1. The van der Waals surface area contributed by atoms with Crippen LogP contribution in [0.15, 0.2) is 65.7 Å². The molecule has 0 bridgehead atoms. The number of benzene rings is 2. The average Bonchev–Trinajstić information content (AvgIpc) is 2.73. The molecule has 1 fully saturated rings. The molecular weight excluding hydrogens is 461 g/mol.